The van der Waals surface area contributed by atoms with Crippen LogP contribution in [0.15, 0.2) is 12.2 Å². The van der Waals surface area contributed by atoms with Crippen molar-refractivity contribution in [1.82, 2.24) is 0 Å². The van der Waals surface area contributed by atoms with Crippen molar-refractivity contribution in [1.29, 1.82) is 0 Å². The molecule has 4 saturated carbocycles. The largest absolute Gasteiger partial charge is 0.393 e. The highest BCUT2D eigenvalue weighted by Crippen LogP contribution is 2.69. The zero-order chi connectivity index (χ0) is 23.6. The van der Waals surface area contributed by atoms with Gasteiger partial charge < -0.3 is 20.4 Å². The summed E-state index contributed by atoms with van der Waals surface area (Å²) in [6, 6.07) is 0. The van der Waals surface area contributed by atoms with Gasteiger partial charge in [0.1, 0.15) is 0 Å². The van der Waals surface area contributed by atoms with E-state index in [9.17, 15) is 20.4 Å². The second kappa shape index (κ2) is 8.36. The number of fused-ring (bicyclic) bond motifs is 5. The molecule has 4 aliphatic carbocycles. The second-order valence-corrected chi connectivity index (χ2v) is 13.1. The van der Waals surface area contributed by atoms with Gasteiger partial charge in [0.05, 0.1) is 23.9 Å². The molecular formula is C28H48O4. The fourth-order valence-electron chi connectivity index (χ4n) is 9.26. The lowest BCUT2D eigenvalue weighted by Gasteiger charge is -2.66. The van der Waals surface area contributed by atoms with Gasteiger partial charge in [0.25, 0.3) is 0 Å². The van der Waals surface area contributed by atoms with Gasteiger partial charge in [-0.2, -0.15) is 0 Å². The van der Waals surface area contributed by atoms with Gasteiger partial charge in [-0.25, -0.2) is 0 Å². The minimum absolute atomic E-state index is 0.00347. The van der Waals surface area contributed by atoms with Gasteiger partial charge in [-0.1, -0.05) is 46.8 Å². The number of hydrogen-bond acceptors (Lipinski definition) is 4. The Morgan fingerprint density at radius 1 is 1.03 bits per heavy atom. The fourth-order valence-corrected chi connectivity index (χ4v) is 9.26. The van der Waals surface area contributed by atoms with E-state index in [4.69, 9.17) is 0 Å². The van der Waals surface area contributed by atoms with E-state index in [0.29, 0.717) is 42.9 Å². The first kappa shape index (κ1) is 24.7. The van der Waals surface area contributed by atoms with Gasteiger partial charge in [0, 0.05) is 11.8 Å². The van der Waals surface area contributed by atoms with E-state index < -0.39 is 29.3 Å². The van der Waals surface area contributed by atoms with Crippen LogP contribution in [-0.4, -0.2) is 44.3 Å². The maximum Gasteiger partial charge on any atom is 0.0986 e. The first-order valence-corrected chi connectivity index (χ1v) is 13.3. The van der Waals surface area contributed by atoms with Gasteiger partial charge >= 0.3 is 0 Å². The third-order valence-electron chi connectivity index (χ3n) is 11.3. The summed E-state index contributed by atoms with van der Waals surface area (Å²) in [7, 11) is 0. The molecule has 0 amide bonds. The highest BCUT2D eigenvalue weighted by Gasteiger charge is 2.69. The molecule has 184 valence electrons. The molecule has 11 atom stereocenters. The topological polar surface area (TPSA) is 80.9 Å². The zero-order valence-electron chi connectivity index (χ0n) is 21.1. The van der Waals surface area contributed by atoms with Crippen molar-refractivity contribution in [2.45, 2.75) is 116 Å². The van der Waals surface area contributed by atoms with Crippen LogP contribution < -0.4 is 0 Å². The van der Waals surface area contributed by atoms with Gasteiger partial charge in [-0.15, -0.1) is 0 Å². The van der Waals surface area contributed by atoms with Crippen LogP contribution in [0.5, 0.6) is 0 Å². The molecule has 0 aromatic heterocycles. The lowest BCUT2D eigenvalue weighted by atomic mass is 9.41. The predicted octanol–water partition coefficient (Wildman–Crippen LogP) is 4.69. The molecule has 0 unspecified atom stereocenters. The molecule has 4 aliphatic rings. The molecule has 4 fully saturated rings. The van der Waals surface area contributed by atoms with Crippen LogP contribution in [0, 0.1) is 46.3 Å². The van der Waals surface area contributed by atoms with Crippen LogP contribution in [0.25, 0.3) is 0 Å². The summed E-state index contributed by atoms with van der Waals surface area (Å²) < 4.78 is 0. The SMILES string of the molecule is C=C(CC[C@@H](C)[C@H]1CC[C@H]2[C@@H]3C[C@@H](O)[C@@]4(O)C[C@@H](O)CC[C@]4(C)[C@H]3[C@@H](O)C[C@]12C)C(C)C. The Bertz CT molecular complexity index is 720. The van der Waals surface area contributed by atoms with Crippen molar-refractivity contribution in [3.63, 3.8) is 0 Å². The molecule has 4 N–H and O–H groups in total. The molecule has 0 radical (unpaired) electrons. The lowest BCUT2D eigenvalue weighted by Crippen LogP contribution is -2.71. The smallest absolute Gasteiger partial charge is 0.0986 e. The normalized spacial score (nSPS) is 51.6. The molecule has 0 aromatic rings. The maximum atomic E-state index is 11.6. The number of allylic oxidation sites excluding steroid dienone is 1. The second-order valence-electron chi connectivity index (χ2n) is 13.1. The van der Waals surface area contributed by atoms with E-state index in [1.54, 1.807) is 0 Å². The number of aliphatic hydroxyl groups excluding tert-OH is 3. The van der Waals surface area contributed by atoms with Crippen LogP contribution >= 0.6 is 0 Å². The van der Waals surface area contributed by atoms with Gasteiger partial charge in [-0.3, -0.25) is 0 Å². The minimum Gasteiger partial charge on any atom is -0.393 e. The van der Waals surface area contributed by atoms with Crippen molar-refractivity contribution in [3.8, 4) is 0 Å². The van der Waals surface area contributed by atoms with Crippen LogP contribution in [-0.2, 0) is 0 Å². The van der Waals surface area contributed by atoms with E-state index in [2.05, 4.69) is 41.2 Å². The highest BCUT2D eigenvalue weighted by atomic mass is 16.3. The molecule has 32 heavy (non-hydrogen) atoms. The Kier molecular flexibility index (Phi) is 6.45. The zero-order valence-corrected chi connectivity index (χ0v) is 21.1. The van der Waals surface area contributed by atoms with Crippen LogP contribution in [0.3, 0.4) is 0 Å². The fraction of sp³-hybridized carbons (Fsp3) is 0.929. The summed E-state index contributed by atoms with van der Waals surface area (Å²) in [5.41, 5.74) is -0.432. The summed E-state index contributed by atoms with van der Waals surface area (Å²) >= 11 is 0. The van der Waals surface area contributed by atoms with Crippen molar-refractivity contribution in [2.24, 2.45) is 46.3 Å². The van der Waals surface area contributed by atoms with Gasteiger partial charge in [0.2, 0.25) is 0 Å². The lowest BCUT2D eigenvalue weighted by molar-refractivity contribution is -0.282. The third-order valence-corrected chi connectivity index (χ3v) is 11.3. The van der Waals surface area contributed by atoms with Crippen molar-refractivity contribution >= 4 is 0 Å². The molecular weight excluding hydrogens is 400 g/mol. The first-order valence-electron chi connectivity index (χ1n) is 13.3. The molecule has 0 bridgehead atoms. The molecule has 0 aliphatic heterocycles. The quantitative estimate of drug-likeness (QED) is 0.460. The Morgan fingerprint density at radius 2 is 1.72 bits per heavy atom. The molecule has 4 heteroatoms. The van der Waals surface area contributed by atoms with E-state index in [-0.39, 0.29) is 23.7 Å². The van der Waals surface area contributed by atoms with Crippen molar-refractivity contribution < 1.29 is 20.4 Å². The van der Waals surface area contributed by atoms with E-state index >= 15 is 0 Å². The van der Waals surface area contributed by atoms with Crippen molar-refractivity contribution in [3.05, 3.63) is 12.2 Å². The van der Waals surface area contributed by atoms with Crippen LogP contribution in [0.2, 0.25) is 0 Å². The first-order chi connectivity index (χ1) is 14.8. The Balaban J connectivity index is 1.58. The average molecular weight is 449 g/mol. The Morgan fingerprint density at radius 3 is 2.38 bits per heavy atom. The van der Waals surface area contributed by atoms with E-state index in [1.165, 1.54) is 12.0 Å². The van der Waals surface area contributed by atoms with Crippen molar-refractivity contribution in [2.75, 3.05) is 0 Å². The third kappa shape index (κ3) is 3.54. The standard InChI is InChI=1S/C28H48O4/c1-16(2)17(3)7-8-18(4)21-9-10-22-20-13-24(31)28(32)14-19(29)11-12-27(28,6)25(20)23(30)15-26(21,22)5/h16,18-25,29-32H,3,7-15H2,1-2,4-6H3/t18-,19+,20+,21-,22+,23+,24-,25-,26-,27-,28+/m1/s1. The van der Waals surface area contributed by atoms with Gasteiger partial charge in [0.15, 0.2) is 0 Å². The van der Waals surface area contributed by atoms with Crippen LogP contribution in [0.1, 0.15) is 92.4 Å². The average Bonchev–Trinajstić information content (AvgIpc) is 3.04. The molecule has 4 rings (SSSR count). The molecule has 0 aromatic carbocycles. The number of hydrogen-bond donors (Lipinski definition) is 4. The Labute approximate surface area is 195 Å². The summed E-state index contributed by atoms with van der Waals surface area (Å²) in [6.07, 6.45) is 5.62. The van der Waals surface area contributed by atoms with E-state index in [1.807, 2.05) is 0 Å². The summed E-state index contributed by atoms with van der Waals surface area (Å²) in [4.78, 5) is 0. The monoisotopic (exact) mass is 448 g/mol. The maximum absolute atomic E-state index is 11.6. The molecule has 4 nitrogen and oxygen atoms in total. The van der Waals surface area contributed by atoms with Crippen LogP contribution in [0.4, 0.5) is 0 Å². The summed E-state index contributed by atoms with van der Waals surface area (Å²) in [6.45, 7) is 15.6. The van der Waals surface area contributed by atoms with E-state index in [0.717, 1.165) is 25.7 Å². The number of aliphatic hydroxyl groups is 4. The Hall–Kier alpha value is -0.420. The molecule has 0 saturated heterocycles. The predicted molar refractivity (Wildman–Crippen MR) is 128 cm³/mol. The van der Waals surface area contributed by atoms with Gasteiger partial charge in [-0.05, 0) is 92.3 Å². The minimum atomic E-state index is -1.30. The summed E-state index contributed by atoms with van der Waals surface area (Å²) in [5.74, 6) is 2.43. The summed E-state index contributed by atoms with van der Waals surface area (Å²) in [5, 5.41) is 44.7. The number of rotatable bonds is 5. The molecule has 0 heterocycles. The molecule has 0 spiro atoms. The highest BCUT2D eigenvalue weighted by molar-refractivity contribution is 5.19.